The first kappa shape index (κ1) is 14.9. The second-order valence-electron chi connectivity index (χ2n) is 5.02. The molecule has 0 aliphatic heterocycles. The summed E-state index contributed by atoms with van der Waals surface area (Å²) in [6, 6.07) is 8.00. The van der Waals surface area contributed by atoms with Gasteiger partial charge < -0.3 is 5.73 Å². The number of halogens is 1. The van der Waals surface area contributed by atoms with Crippen molar-refractivity contribution in [3.05, 3.63) is 46.2 Å². The normalized spacial score (nSPS) is 11.2. The number of aryl methyl sites for hydroxylation is 2. The Morgan fingerprint density at radius 1 is 1.25 bits per heavy atom. The summed E-state index contributed by atoms with van der Waals surface area (Å²) in [5.74, 6) is 0. The molecule has 2 aromatic rings. The minimum Gasteiger partial charge on any atom is -0.399 e. The van der Waals surface area contributed by atoms with E-state index in [1.54, 1.807) is 4.68 Å². The number of hydrogen-bond donors (Lipinski definition) is 1. The Morgan fingerprint density at radius 3 is 2.40 bits per heavy atom. The number of anilines is 1. The van der Waals surface area contributed by atoms with Crippen LogP contribution in [0.25, 0.3) is 0 Å². The molecule has 108 valence electrons. The van der Waals surface area contributed by atoms with Crippen molar-refractivity contribution in [3.8, 4) is 0 Å². The smallest absolute Gasteiger partial charge is 0.131 e. The van der Waals surface area contributed by atoms with Crippen molar-refractivity contribution in [1.29, 1.82) is 0 Å². The lowest BCUT2D eigenvalue weighted by Gasteiger charge is -2.20. The third-order valence-corrected chi connectivity index (χ3v) is 3.96. The number of nitrogen functional groups attached to an aromatic ring is 1. The average molecular weight is 293 g/mol. The lowest BCUT2D eigenvalue weighted by atomic mass is 10.1. The van der Waals surface area contributed by atoms with Crippen LogP contribution in [0.4, 0.5) is 5.69 Å². The van der Waals surface area contributed by atoms with Gasteiger partial charge >= 0.3 is 0 Å². The van der Waals surface area contributed by atoms with Crippen LogP contribution in [0.2, 0.25) is 5.15 Å². The van der Waals surface area contributed by atoms with E-state index in [9.17, 15) is 0 Å². The first-order chi connectivity index (χ1) is 9.51. The Balaban J connectivity index is 2.11. The maximum absolute atomic E-state index is 6.30. The molecule has 0 atom stereocenters. The summed E-state index contributed by atoms with van der Waals surface area (Å²) in [6.07, 6.45) is 0. The topological polar surface area (TPSA) is 47.1 Å². The quantitative estimate of drug-likeness (QED) is 0.862. The second kappa shape index (κ2) is 6.29. The highest BCUT2D eigenvalue weighted by Crippen LogP contribution is 2.21. The van der Waals surface area contributed by atoms with Gasteiger partial charge in [-0.05, 0) is 31.2 Å². The van der Waals surface area contributed by atoms with Gasteiger partial charge in [-0.15, -0.1) is 0 Å². The molecule has 0 unspecified atom stereocenters. The molecule has 0 saturated carbocycles. The lowest BCUT2D eigenvalue weighted by Crippen LogP contribution is -2.22. The summed E-state index contributed by atoms with van der Waals surface area (Å²) < 4.78 is 1.73. The summed E-state index contributed by atoms with van der Waals surface area (Å²) in [6.45, 7) is 6.78. The van der Waals surface area contributed by atoms with E-state index in [0.717, 1.165) is 41.7 Å². The van der Waals surface area contributed by atoms with Crippen molar-refractivity contribution in [2.75, 3.05) is 12.3 Å². The zero-order valence-corrected chi connectivity index (χ0v) is 13.0. The van der Waals surface area contributed by atoms with Gasteiger partial charge in [-0.25, -0.2) is 0 Å². The largest absolute Gasteiger partial charge is 0.399 e. The maximum Gasteiger partial charge on any atom is 0.131 e. The number of nitrogens with two attached hydrogens (primary N) is 1. The van der Waals surface area contributed by atoms with Crippen LogP contribution in [0.15, 0.2) is 24.3 Å². The lowest BCUT2D eigenvalue weighted by molar-refractivity contribution is 0.271. The first-order valence-electron chi connectivity index (χ1n) is 6.76. The van der Waals surface area contributed by atoms with Gasteiger partial charge in [-0.2, -0.15) is 5.10 Å². The van der Waals surface area contributed by atoms with Gasteiger partial charge in [0, 0.05) is 31.4 Å². The molecular weight excluding hydrogens is 272 g/mol. The Bertz CT molecular complexity index is 574. The Morgan fingerprint density at radius 2 is 1.90 bits per heavy atom. The molecule has 2 N–H and O–H groups in total. The highest BCUT2D eigenvalue weighted by Gasteiger charge is 2.14. The summed E-state index contributed by atoms with van der Waals surface area (Å²) >= 11 is 6.30. The summed E-state index contributed by atoms with van der Waals surface area (Å²) in [4.78, 5) is 2.33. The van der Waals surface area contributed by atoms with Crippen LogP contribution >= 0.6 is 11.6 Å². The summed E-state index contributed by atoms with van der Waals surface area (Å²) in [5.41, 5.74) is 9.85. The van der Waals surface area contributed by atoms with Gasteiger partial charge in [0.15, 0.2) is 0 Å². The van der Waals surface area contributed by atoms with Crippen LogP contribution in [0.5, 0.6) is 0 Å². The third kappa shape index (κ3) is 3.32. The van der Waals surface area contributed by atoms with Crippen LogP contribution < -0.4 is 5.73 Å². The van der Waals surface area contributed by atoms with E-state index < -0.39 is 0 Å². The second-order valence-corrected chi connectivity index (χ2v) is 5.38. The van der Waals surface area contributed by atoms with E-state index >= 15 is 0 Å². The fraction of sp³-hybridized carbons (Fsp3) is 0.400. The van der Waals surface area contributed by atoms with Gasteiger partial charge in [0.05, 0.1) is 5.69 Å². The van der Waals surface area contributed by atoms with Crippen LogP contribution in [0, 0.1) is 6.92 Å². The Kier molecular flexibility index (Phi) is 4.68. The highest BCUT2D eigenvalue weighted by atomic mass is 35.5. The number of rotatable bonds is 5. The molecule has 0 fully saturated rings. The van der Waals surface area contributed by atoms with Gasteiger partial charge in [0.2, 0.25) is 0 Å². The standard InChI is InChI=1S/C15H21ClN4/c1-4-20(9-12-5-7-13(17)8-6-12)10-14-11(2)18-19(3)15(14)16/h5-8H,4,9-10,17H2,1-3H3. The number of aromatic nitrogens is 2. The zero-order chi connectivity index (χ0) is 14.7. The molecule has 1 heterocycles. The SMILES string of the molecule is CCN(Cc1ccc(N)cc1)Cc1c(C)nn(C)c1Cl. The summed E-state index contributed by atoms with van der Waals surface area (Å²) in [5, 5.41) is 5.08. The van der Waals surface area contributed by atoms with Crippen LogP contribution in [-0.4, -0.2) is 21.2 Å². The minimum atomic E-state index is 0.721. The zero-order valence-electron chi connectivity index (χ0n) is 12.2. The molecule has 0 aliphatic carbocycles. The van der Waals surface area contributed by atoms with Crippen molar-refractivity contribution in [1.82, 2.24) is 14.7 Å². The predicted molar refractivity (Wildman–Crippen MR) is 83.6 cm³/mol. The molecule has 0 amide bonds. The van der Waals surface area contributed by atoms with Crippen molar-refractivity contribution < 1.29 is 0 Å². The van der Waals surface area contributed by atoms with Gasteiger partial charge in [0.25, 0.3) is 0 Å². The van der Waals surface area contributed by atoms with E-state index in [4.69, 9.17) is 17.3 Å². The number of benzene rings is 1. The number of hydrogen-bond acceptors (Lipinski definition) is 3. The predicted octanol–water partition coefficient (Wildman–Crippen LogP) is 2.99. The van der Waals surface area contributed by atoms with E-state index in [0.29, 0.717) is 0 Å². The molecule has 5 heteroatoms. The molecule has 4 nitrogen and oxygen atoms in total. The van der Waals surface area contributed by atoms with Gasteiger partial charge in [-0.3, -0.25) is 9.58 Å². The molecule has 0 aliphatic rings. The van der Waals surface area contributed by atoms with Crippen LogP contribution in [0.1, 0.15) is 23.7 Å². The van der Waals surface area contributed by atoms with Crippen molar-refractivity contribution >= 4 is 17.3 Å². The fourth-order valence-electron chi connectivity index (χ4n) is 2.24. The Hall–Kier alpha value is -1.52. The van der Waals surface area contributed by atoms with E-state index in [2.05, 4.69) is 29.1 Å². The van der Waals surface area contributed by atoms with Crippen molar-refractivity contribution in [2.24, 2.45) is 7.05 Å². The molecule has 1 aromatic carbocycles. The molecule has 20 heavy (non-hydrogen) atoms. The fourth-order valence-corrected chi connectivity index (χ4v) is 2.47. The monoisotopic (exact) mass is 292 g/mol. The highest BCUT2D eigenvalue weighted by molar-refractivity contribution is 6.30. The van der Waals surface area contributed by atoms with Gasteiger partial charge in [0.1, 0.15) is 5.15 Å². The maximum atomic E-state index is 6.30. The van der Waals surface area contributed by atoms with E-state index in [1.165, 1.54) is 5.56 Å². The Labute approximate surface area is 125 Å². The molecule has 0 spiro atoms. The van der Waals surface area contributed by atoms with Crippen LogP contribution in [-0.2, 0) is 20.1 Å². The molecule has 0 bridgehead atoms. The molecular formula is C15H21ClN4. The first-order valence-corrected chi connectivity index (χ1v) is 7.13. The van der Waals surface area contributed by atoms with E-state index in [-0.39, 0.29) is 0 Å². The van der Waals surface area contributed by atoms with Gasteiger partial charge in [-0.1, -0.05) is 30.7 Å². The summed E-state index contributed by atoms with van der Waals surface area (Å²) in [7, 11) is 1.87. The molecule has 2 rings (SSSR count). The minimum absolute atomic E-state index is 0.721. The molecule has 0 radical (unpaired) electrons. The average Bonchev–Trinajstić information content (AvgIpc) is 2.66. The van der Waals surface area contributed by atoms with Crippen molar-refractivity contribution in [2.45, 2.75) is 26.9 Å². The molecule has 0 saturated heterocycles. The number of nitrogens with zero attached hydrogens (tertiary/aromatic N) is 3. The van der Waals surface area contributed by atoms with Crippen molar-refractivity contribution in [3.63, 3.8) is 0 Å². The van der Waals surface area contributed by atoms with Crippen LogP contribution in [0.3, 0.4) is 0 Å². The molecule has 1 aromatic heterocycles. The van der Waals surface area contributed by atoms with E-state index in [1.807, 2.05) is 26.1 Å². The third-order valence-electron chi connectivity index (χ3n) is 3.48.